The topological polar surface area (TPSA) is 104 Å². The summed E-state index contributed by atoms with van der Waals surface area (Å²) in [5.41, 5.74) is 1.82. The van der Waals surface area contributed by atoms with E-state index in [1.807, 2.05) is 0 Å². The number of hydrogen-bond acceptors (Lipinski definition) is 5. The fourth-order valence-electron chi connectivity index (χ4n) is 1.72. The van der Waals surface area contributed by atoms with Crippen LogP contribution >= 0.6 is 0 Å². The summed E-state index contributed by atoms with van der Waals surface area (Å²) in [5, 5.41) is 11.4. The van der Waals surface area contributed by atoms with Crippen LogP contribution in [-0.2, 0) is 9.53 Å². The standard InChI is InChI=1S/C13H15N3O4/c1-2-20-12(19)8-3-4-9-10(7-8)16-13(15-9)14-6-5-11(17)18/h3-4,7H,2,5-6H2,1H3,(H,17,18)(H2,14,15,16). The number of benzene rings is 1. The van der Waals surface area contributed by atoms with Crippen LogP contribution in [0.4, 0.5) is 5.95 Å². The van der Waals surface area contributed by atoms with Gasteiger partial charge in [0.05, 0.1) is 29.6 Å². The molecule has 0 fully saturated rings. The van der Waals surface area contributed by atoms with Gasteiger partial charge in [-0.05, 0) is 25.1 Å². The van der Waals surface area contributed by atoms with Gasteiger partial charge in [-0.1, -0.05) is 0 Å². The number of ether oxygens (including phenoxy) is 1. The number of fused-ring (bicyclic) bond motifs is 1. The van der Waals surface area contributed by atoms with E-state index in [-0.39, 0.29) is 18.9 Å². The number of nitrogens with one attached hydrogen (secondary N) is 2. The van der Waals surface area contributed by atoms with E-state index in [9.17, 15) is 9.59 Å². The van der Waals surface area contributed by atoms with Crippen molar-refractivity contribution in [3.05, 3.63) is 23.8 Å². The molecule has 0 bridgehead atoms. The third-order valence-electron chi connectivity index (χ3n) is 2.62. The van der Waals surface area contributed by atoms with E-state index in [4.69, 9.17) is 9.84 Å². The predicted octanol–water partition coefficient (Wildman–Crippen LogP) is 1.63. The van der Waals surface area contributed by atoms with E-state index in [0.717, 1.165) is 0 Å². The maximum atomic E-state index is 11.6. The lowest BCUT2D eigenvalue weighted by molar-refractivity contribution is -0.136. The number of aromatic nitrogens is 2. The molecule has 0 radical (unpaired) electrons. The first-order valence-electron chi connectivity index (χ1n) is 6.22. The monoisotopic (exact) mass is 277 g/mol. The van der Waals surface area contributed by atoms with Crippen molar-refractivity contribution in [1.29, 1.82) is 0 Å². The number of carbonyl (C=O) groups excluding carboxylic acids is 1. The Bertz CT molecular complexity index is 636. The van der Waals surface area contributed by atoms with Crippen LogP contribution in [0.2, 0.25) is 0 Å². The fourth-order valence-corrected chi connectivity index (χ4v) is 1.72. The van der Waals surface area contributed by atoms with Crippen LogP contribution in [0.15, 0.2) is 18.2 Å². The Hall–Kier alpha value is -2.57. The zero-order chi connectivity index (χ0) is 14.5. The molecule has 20 heavy (non-hydrogen) atoms. The molecule has 1 aromatic heterocycles. The van der Waals surface area contributed by atoms with Gasteiger partial charge < -0.3 is 20.1 Å². The molecule has 106 valence electrons. The van der Waals surface area contributed by atoms with Crippen LogP contribution in [0.3, 0.4) is 0 Å². The van der Waals surface area contributed by atoms with Gasteiger partial charge in [0.15, 0.2) is 0 Å². The number of imidazole rings is 1. The molecule has 2 rings (SSSR count). The van der Waals surface area contributed by atoms with Gasteiger partial charge in [-0.25, -0.2) is 9.78 Å². The molecule has 1 heterocycles. The van der Waals surface area contributed by atoms with Crippen molar-refractivity contribution in [2.24, 2.45) is 0 Å². The van der Waals surface area contributed by atoms with Gasteiger partial charge in [0.25, 0.3) is 0 Å². The van der Waals surface area contributed by atoms with E-state index < -0.39 is 5.97 Å². The number of carbonyl (C=O) groups is 2. The minimum atomic E-state index is -0.877. The zero-order valence-electron chi connectivity index (χ0n) is 11.0. The Labute approximate surface area is 115 Å². The highest BCUT2D eigenvalue weighted by atomic mass is 16.5. The molecule has 2 aromatic rings. The minimum absolute atomic E-state index is 0.00508. The van der Waals surface area contributed by atoms with Crippen LogP contribution in [0.5, 0.6) is 0 Å². The highest BCUT2D eigenvalue weighted by molar-refractivity contribution is 5.94. The van der Waals surface area contributed by atoms with Gasteiger partial charge in [0.1, 0.15) is 0 Å². The molecule has 0 aliphatic rings. The minimum Gasteiger partial charge on any atom is -0.481 e. The molecule has 0 saturated heterocycles. The molecule has 7 nitrogen and oxygen atoms in total. The van der Waals surface area contributed by atoms with E-state index in [1.54, 1.807) is 25.1 Å². The number of aromatic amines is 1. The summed E-state index contributed by atoms with van der Waals surface area (Å²) in [6.07, 6.45) is 0.00508. The van der Waals surface area contributed by atoms with Crippen molar-refractivity contribution in [3.8, 4) is 0 Å². The maximum Gasteiger partial charge on any atom is 0.338 e. The molecule has 0 spiro atoms. The molecule has 0 unspecified atom stereocenters. The molecule has 0 amide bonds. The molecular weight excluding hydrogens is 262 g/mol. The summed E-state index contributed by atoms with van der Waals surface area (Å²) in [4.78, 5) is 29.3. The summed E-state index contributed by atoms with van der Waals surface area (Å²) < 4.78 is 4.92. The van der Waals surface area contributed by atoms with Crippen LogP contribution in [-0.4, -0.2) is 40.2 Å². The van der Waals surface area contributed by atoms with Crippen LogP contribution in [0.1, 0.15) is 23.7 Å². The second-order valence-electron chi connectivity index (χ2n) is 4.11. The number of hydrogen-bond donors (Lipinski definition) is 3. The summed E-state index contributed by atoms with van der Waals surface area (Å²) in [5.74, 6) is -0.787. The Balaban J connectivity index is 2.13. The van der Waals surface area contributed by atoms with E-state index >= 15 is 0 Å². The summed E-state index contributed by atoms with van der Waals surface area (Å²) in [7, 11) is 0. The van der Waals surface area contributed by atoms with Crippen molar-refractivity contribution in [2.45, 2.75) is 13.3 Å². The lowest BCUT2D eigenvalue weighted by Crippen LogP contribution is -2.08. The van der Waals surface area contributed by atoms with Crippen LogP contribution in [0, 0.1) is 0 Å². The number of nitrogens with zero attached hydrogens (tertiary/aromatic N) is 1. The number of H-pyrrole nitrogens is 1. The second-order valence-corrected chi connectivity index (χ2v) is 4.11. The molecule has 7 heteroatoms. The Morgan fingerprint density at radius 2 is 2.25 bits per heavy atom. The van der Waals surface area contributed by atoms with E-state index in [0.29, 0.717) is 29.2 Å². The van der Waals surface area contributed by atoms with Gasteiger partial charge in [-0.15, -0.1) is 0 Å². The normalized spacial score (nSPS) is 10.4. The fraction of sp³-hybridized carbons (Fsp3) is 0.308. The number of anilines is 1. The highest BCUT2D eigenvalue weighted by Gasteiger charge is 2.09. The second kappa shape index (κ2) is 6.05. The van der Waals surface area contributed by atoms with Crippen molar-refractivity contribution < 1.29 is 19.4 Å². The van der Waals surface area contributed by atoms with Crippen LogP contribution in [0.25, 0.3) is 11.0 Å². The average molecular weight is 277 g/mol. The van der Waals surface area contributed by atoms with Crippen LogP contribution < -0.4 is 5.32 Å². The van der Waals surface area contributed by atoms with Gasteiger partial charge in [-0.3, -0.25) is 4.79 Å². The number of carboxylic acid groups (broad SMARTS) is 1. The first-order valence-corrected chi connectivity index (χ1v) is 6.22. The zero-order valence-corrected chi connectivity index (χ0v) is 11.0. The van der Waals surface area contributed by atoms with E-state index in [1.165, 1.54) is 0 Å². The molecular formula is C13H15N3O4. The largest absolute Gasteiger partial charge is 0.481 e. The molecule has 3 N–H and O–H groups in total. The maximum absolute atomic E-state index is 11.6. The molecule has 1 aromatic carbocycles. The number of rotatable bonds is 6. The molecule has 0 aliphatic heterocycles. The Morgan fingerprint density at radius 3 is 2.95 bits per heavy atom. The predicted molar refractivity (Wildman–Crippen MR) is 72.8 cm³/mol. The first kappa shape index (κ1) is 13.9. The molecule has 0 atom stereocenters. The summed E-state index contributed by atoms with van der Waals surface area (Å²) >= 11 is 0. The SMILES string of the molecule is CCOC(=O)c1ccc2nc(NCCC(=O)O)[nH]c2c1. The summed E-state index contributed by atoms with van der Waals surface area (Å²) in [6, 6.07) is 5.01. The lowest BCUT2D eigenvalue weighted by Gasteiger charge is -2.00. The Kier molecular flexibility index (Phi) is 4.19. The smallest absolute Gasteiger partial charge is 0.338 e. The number of carboxylic acids is 1. The lowest BCUT2D eigenvalue weighted by atomic mass is 10.2. The average Bonchev–Trinajstić information content (AvgIpc) is 2.80. The third-order valence-corrected chi connectivity index (χ3v) is 2.62. The van der Waals surface area contributed by atoms with Crippen molar-refractivity contribution >= 4 is 28.9 Å². The third kappa shape index (κ3) is 3.25. The number of esters is 1. The van der Waals surface area contributed by atoms with Crippen molar-refractivity contribution in [2.75, 3.05) is 18.5 Å². The molecule has 0 saturated carbocycles. The summed E-state index contributed by atoms with van der Waals surface area (Å²) in [6.45, 7) is 2.35. The molecule has 0 aliphatic carbocycles. The quantitative estimate of drug-likeness (QED) is 0.693. The van der Waals surface area contributed by atoms with Crippen molar-refractivity contribution in [3.63, 3.8) is 0 Å². The highest BCUT2D eigenvalue weighted by Crippen LogP contribution is 2.16. The van der Waals surface area contributed by atoms with E-state index in [2.05, 4.69) is 15.3 Å². The number of aliphatic carboxylic acids is 1. The van der Waals surface area contributed by atoms with Gasteiger partial charge in [0, 0.05) is 6.54 Å². The van der Waals surface area contributed by atoms with Gasteiger partial charge >= 0.3 is 11.9 Å². The van der Waals surface area contributed by atoms with Gasteiger partial charge in [0.2, 0.25) is 5.95 Å². The van der Waals surface area contributed by atoms with Crippen molar-refractivity contribution in [1.82, 2.24) is 9.97 Å². The Morgan fingerprint density at radius 1 is 1.45 bits per heavy atom. The first-order chi connectivity index (χ1) is 9.60. The van der Waals surface area contributed by atoms with Gasteiger partial charge in [-0.2, -0.15) is 0 Å².